The van der Waals surface area contributed by atoms with Crippen molar-refractivity contribution in [2.24, 2.45) is 10.4 Å². The van der Waals surface area contributed by atoms with Gasteiger partial charge >= 0.3 is 0 Å². The zero-order valence-corrected chi connectivity index (χ0v) is 19.5. The molecule has 1 aromatic carbocycles. The third-order valence-electron chi connectivity index (χ3n) is 4.03. The molecule has 0 aliphatic rings. The summed E-state index contributed by atoms with van der Waals surface area (Å²) in [5, 5.41) is 9.32. The Morgan fingerprint density at radius 2 is 1.78 bits per heavy atom. The number of nitrogens with one attached hydrogen (secondary N) is 3. The van der Waals surface area contributed by atoms with Crippen LogP contribution < -0.4 is 25.4 Å². The van der Waals surface area contributed by atoms with Crippen LogP contribution >= 0.6 is 24.0 Å². The number of methoxy groups -OCH3 is 2. The van der Waals surface area contributed by atoms with E-state index in [9.17, 15) is 4.79 Å². The van der Waals surface area contributed by atoms with Gasteiger partial charge in [0.05, 0.1) is 19.6 Å². The summed E-state index contributed by atoms with van der Waals surface area (Å²) >= 11 is 0. The van der Waals surface area contributed by atoms with Crippen molar-refractivity contribution in [3.05, 3.63) is 23.8 Å². The fourth-order valence-electron chi connectivity index (χ4n) is 2.37. The number of aliphatic imine (C=N–C) groups is 1. The maximum Gasteiger partial charge on any atom is 0.227 e. The van der Waals surface area contributed by atoms with Crippen LogP contribution in [0.15, 0.2) is 23.2 Å². The summed E-state index contributed by atoms with van der Waals surface area (Å²) in [7, 11) is 4.96. The first-order chi connectivity index (χ1) is 12.4. The van der Waals surface area contributed by atoms with E-state index in [0.29, 0.717) is 31.3 Å². The van der Waals surface area contributed by atoms with E-state index in [1.165, 1.54) is 0 Å². The van der Waals surface area contributed by atoms with E-state index in [-0.39, 0.29) is 29.9 Å². The number of nitrogens with zero attached hydrogens (tertiary/aromatic N) is 1. The van der Waals surface area contributed by atoms with Crippen molar-refractivity contribution in [1.82, 2.24) is 16.0 Å². The molecule has 3 N–H and O–H groups in total. The van der Waals surface area contributed by atoms with E-state index in [1.807, 2.05) is 39.0 Å². The molecule has 0 unspecified atom stereocenters. The number of benzene rings is 1. The zero-order valence-electron chi connectivity index (χ0n) is 17.1. The molecule has 27 heavy (non-hydrogen) atoms. The Hall–Kier alpha value is -1.71. The Morgan fingerprint density at radius 1 is 1.11 bits per heavy atom. The maximum absolute atomic E-state index is 12.0. The molecule has 1 amide bonds. The standard InChI is InChI=1S/C19H32N4O3.HI/c1-7-21-17(24)19(2,3)13-23-18(20-4)22-11-10-14-8-9-15(25-5)16(12-14)26-6;/h8-9,12H,7,10-11,13H2,1-6H3,(H,21,24)(H2,20,22,23);1H. The largest absolute Gasteiger partial charge is 0.493 e. The minimum atomic E-state index is -0.517. The third-order valence-corrected chi connectivity index (χ3v) is 4.03. The number of hydrogen-bond donors (Lipinski definition) is 3. The highest BCUT2D eigenvalue weighted by Crippen LogP contribution is 2.27. The van der Waals surface area contributed by atoms with E-state index in [4.69, 9.17) is 9.47 Å². The first kappa shape index (κ1) is 25.3. The van der Waals surface area contributed by atoms with Crippen LogP contribution in [-0.4, -0.2) is 52.8 Å². The molecule has 0 spiro atoms. The highest BCUT2D eigenvalue weighted by atomic mass is 127. The second-order valence-corrected chi connectivity index (χ2v) is 6.54. The van der Waals surface area contributed by atoms with Crippen molar-refractivity contribution < 1.29 is 14.3 Å². The summed E-state index contributed by atoms with van der Waals surface area (Å²) in [5.74, 6) is 2.13. The average molecular weight is 492 g/mol. The molecule has 1 rings (SSSR count). The molecular formula is C19H33IN4O3. The van der Waals surface area contributed by atoms with Crippen LogP contribution in [0.25, 0.3) is 0 Å². The molecule has 8 heteroatoms. The average Bonchev–Trinajstić information content (AvgIpc) is 2.64. The summed E-state index contributed by atoms with van der Waals surface area (Å²) in [6, 6.07) is 5.88. The SMILES string of the molecule is CCNC(=O)C(C)(C)CNC(=NC)NCCc1ccc(OC)c(OC)c1.I. The van der Waals surface area contributed by atoms with E-state index >= 15 is 0 Å². The van der Waals surface area contributed by atoms with Crippen LogP contribution in [0.2, 0.25) is 0 Å². The number of carbonyl (C=O) groups is 1. The summed E-state index contributed by atoms with van der Waals surface area (Å²) < 4.78 is 10.6. The lowest BCUT2D eigenvalue weighted by Crippen LogP contribution is -2.48. The van der Waals surface area contributed by atoms with Gasteiger partial charge in [0.15, 0.2) is 17.5 Å². The summed E-state index contributed by atoms with van der Waals surface area (Å²) in [6.07, 6.45) is 0.806. The summed E-state index contributed by atoms with van der Waals surface area (Å²) in [5.41, 5.74) is 0.616. The Bertz CT molecular complexity index is 621. The number of hydrogen-bond acceptors (Lipinski definition) is 4. The molecule has 0 saturated carbocycles. The van der Waals surface area contributed by atoms with Crippen molar-refractivity contribution in [3.8, 4) is 11.5 Å². The topological polar surface area (TPSA) is 84.0 Å². The molecule has 0 fully saturated rings. The Morgan fingerprint density at radius 3 is 2.33 bits per heavy atom. The van der Waals surface area contributed by atoms with Crippen molar-refractivity contribution in [3.63, 3.8) is 0 Å². The van der Waals surface area contributed by atoms with Gasteiger partial charge < -0.3 is 25.4 Å². The molecule has 0 aliphatic carbocycles. The molecule has 1 aromatic rings. The molecule has 0 aromatic heterocycles. The molecule has 0 radical (unpaired) electrons. The minimum absolute atomic E-state index is 0. The van der Waals surface area contributed by atoms with Crippen LogP contribution in [-0.2, 0) is 11.2 Å². The minimum Gasteiger partial charge on any atom is -0.493 e. The third kappa shape index (κ3) is 8.23. The number of halogens is 1. The molecule has 0 heterocycles. The summed E-state index contributed by atoms with van der Waals surface area (Å²) in [4.78, 5) is 16.3. The fourth-order valence-corrected chi connectivity index (χ4v) is 2.37. The van der Waals surface area contributed by atoms with Gasteiger partial charge in [-0.25, -0.2) is 0 Å². The van der Waals surface area contributed by atoms with Gasteiger partial charge in [-0.05, 0) is 44.9 Å². The first-order valence-electron chi connectivity index (χ1n) is 8.81. The number of rotatable bonds is 9. The Labute approximate surface area is 179 Å². The maximum atomic E-state index is 12.0. The van der Waals surface area contributed by atoms with Gasteiger partial charge in [0.25, 0.3) is 0 Å². The van der Waals surface area contributed by atoms with E-state index in [2.05, 4.69) is 20.9 Å². The highest BCUT2D eigenvalue weighted by molar-refractivity contribution is 14.0. The van der Waals surface area contributed by atoms with E-state index < -0.39 is 5.41 Å². The normalized spacial score (nSPS) is 11.3. The van der Waals surface area contributed by atoms with Gasteiger partial charge in [0.1, 0.15) is 0 Å². The lowest BCUT2D eigenvalue weighted by atomic mass is 9.92. The van der Waals surface area contributed by atoms with Gasteiger partial charge in [0, 0.05) is 26.7 Å². The van der Waals surface area contributed by atoms with Crippen LogP contribution in [0, 0.1) is 5.41 Å². The number of ether oxygens (including phenoxy) is 2. The molecule has 0 bridgehead atoms. The molecule has 0 saturated heterocycles. The number of guanidine groups is 1. The lowest BCUT2D eigenvalue weighted by molar-refractivity contribution is -0.128. The van der Waals surface area contributed by atoms with Crippen LogP contribution in [0.5, 0.6) is 11.5 Å². The van der Waals surface area contributed by atoms with Crippen LogP contribution in [0.1, 0.15) is 26.3 Å². The smallest absolute Gasteiger partial charge is 0.227 e. The monoisotopic (exact) mass is 492 g/mol. The second kappa shape index (κ2) is 12.6. The van der Waals surface area contributed by atoms with Crippen molar-refractivity contribution in [1.29, 1.82) is 0 Å². The predicted molar refractivity (Wildman–Crippen MR) is 120 cm³/mol. The van der Waals surface area contributed by atoms with Gasteiger partial charge in [-0.2, -0.15) is 0 Å². The lowest BCUT2D eigenvalue weighted by Gasteiger charge is -2.24. The van der Waals surface area contributed by atoms with E-state index in [0.717, 1.165) is 17.7 Å². The van der Waals surface area contributed by atoms with E-state index in [1.54, 1.807) is 21.3 Å². The predicted octanol–water partition coefficient (Wildman–Crippen LogP) is 2.19. The molecule has 0 atom stereocenters. The summed E-state index contributed by atoms with van der Waals surface area (Å²) in [6.45, 7) is 7.55. The number of carbonyl (C=O) groups excluding carboxylic acids is 1. The van der Waals surface area contributed by atoms with Gasteiger partial charge in [-0.3, -0.25) is 9.79 Å². The molecular weight excluding hydrogens is 459 g/mol. The van der Waals surface area contributed by atoms with Gasteiger partial charge in [0.2, 0.25) is 5.91 Å². The van der Waals surface area contributed by atoms with Crippen LogP contribution in [0.3, 0.4) is 0 Å². The van der Waals surface area contributed by atoms with Crippen molar-refractivity contribution in [2.75, 3.05) is 40.9 Å². The molecule has 0 aliphatic heterocycles. The quantitative estimate of drug-likeness (QED) is 0.280. The fraction of sp³-hybridized carbons (Fsp3) is 0.579. The zero-order chi connectivity index (χ0) is 19.6. The number of amides is 1. The highest BCUT2D eigenvalue weighted by Gasteiger charge is 2.27. The van der Waals surface area contributed by atoms with Crippen molar-refractivity contribution >= 4 is 35.8 Å². The molecule has 154 valence electrons. The van der Waals surface area contributed by atoms with Crippen LogP contribution in [0.4, 0.5) is 0 Å². The Balaban J connectivity index is 0.00000676. The Kier molecular flexibility index (Phi) is 11.8. The second-order valence-electron chi connectivity index (χ2n) is 6.54. The van der Waals surface area contributed by atoms with Crippen molar-refractivity contribution in [2.45, 2.75) is 27.2 Å². The first-order valence-corrected chi connectivity index (χ1v) is 8.81. The molecule has 7 nitrogen and oxygen atoms in total. The van der Waals surface area contributed by atoms with Gasteiger partial charge in [-0.15, -0.1) is 24.0 Å². The van der Waals surface area contributed by atoms with Gasteiger partial charge in [-0.1, -0.05) is 6.07 Å².